The van der Waals surface area contributed by atoms with Crippen LogP contribution < -0.4 is 0 Å². The molecule has 0 fully saturated rings. The van der Waals surface area contributed by atoms with Crippen LogP contribution in [0.1, 0.15) is 33.1 Å². The second-order valence-corrected chi connectivity index (χ2v) is 3.45. The summed E-state index contributed by atoms with van der Waals surface area (Å²) >= 11 is 0. The molecule has 1 heteroatoms. The Balaban J connectivity index is 3.83. The molecule has 0 radical (unpaired) electrons. The van der Waals surface area contributed by atoms with Gasteiger partial charge in [0.25, 0.3) is 0 Å². The first kappa shape index (κ1) is 14.7. The summed E-state index contributed by atoms with van der Waals surface area (Å²) in [6.45, 7) is 4.63. The zero-order valence-electron chi connectivity index (χ0n) is 10.4. The molecule has 0 saturated heterocycles. The molecule has 0 aromatic heterocycles. The number of allylic oxidation sites excluding steroid dienone is 5. The Morgan fingerprint density at radius 1 is 1.19 bits per heavy atom. The summed E-state index contributed by atoms with van der Waals surface area (Å²) in [6, 6.07) is 0. The summed E-state index contributed by atoms with van der Waals surface area (Å²) < 4.78 is 5.41. The van der Waals surface area contributed by atoms with E-state index < -0.39 is 0 Å². The molecule has 0 N–H and O–H groups in total. The van der Waals surface area contributed by atoms with Gasteiger partial charge >= 0.3 is 0 Å². The number of rotatable bonds is 8. The molecule has 0 aliphatic rings. The summed E-state index contributed by atoms with van der Waals surface area (Å²) in [5.74, 6) is 2.47. The Bertz CT molecular complexity index is 266. The molecule has 0 unspecified atom stereocenters. The minimum Gasteiger partial charge on any atom is -0.362 e. The van der Waals surface area contributed by atoms with Crippen molar-refractivity contribution >= 4 is 0 Å². The van der Waals surface area contributed by atoms with Crippen LogP contribution in [0, 0.1) is 12.3 Å². The molecule has 16 heavy (non-hydrogen) atoms. The lowest BCUT2D eigenvalue weighted by Gasteiger charge is -2.07. The third-order valence-corrected chi connectivity index (χ3v) is 2.03. The van der Waals surface area contributed by atoms with Gasteiger partial charge in [0.05, 0.1) is 6.10 Å². The van der Waals surface area contributed by atoms with E-state index >= 15 is 0 Å². The van der Waals surface area contributed by atoms with Crippen molar-refractivity contribution < 1.29 is 4.74 Å². The van der Waals surface area contributed by atoms with Gasteiger partial charge in [-0.1, -0.05) is 62.6 Å². The fourth-order valence-corrected chi connectivity index (χ4v) is 1.12. The maximum absolute atomic E-state index is 5.41. The number of hydrogen-bond donors (Lipinski definition) is 0. The minimum atomic E-state index is 0.125. The lowest BCUT2D eigenvalue weighted by atomic mass is 10.2. The van der Waals surface area contributed by atoms with Crippen molar-refractivity contribution in [1.82, 2.24) is 0 Å². The Labute approximate surface area is 99.9 Å². The predicted molar refractivity (Wildman–Crippen MR) is 71.2 cm³/mol. The van der Waals surface area contributed by atoms with E-state index in [1.807, 2.05) is 24.3 Å². The summed E-state index contributed by atoms with van der Waals surface area (Å²) in [7, 11) is 0. The van der Waals surface area contributed by atoms with E-state index in [0.29, 0.717) is 6.61 Å². The van der Waals surface area contributed by atoms with Gasteiger partial charge in [-0.3, -0.25) is 0 Å². The highest BCUT2D eigenvalue weighted by Gasteiger charge is 1.98. The van der Waals surface area contributed by atoms with Crippen LogP contribution in [0.25, 0.3) is 0 Å². The molecule has 1 atom stereocenters. The van der Waals surface area contributed by atoms with Crippen molar-refractivity contribution in [3.8, 4) is 12.3 Å². The van der Waals surface area contributed by atoms with Gasteiger partial charge in [0.2, 0.25) is 0 Å². The van der Waals surface area contributed by atoms with Crippen molar-refractivity contribution in [2.45, 2.75) is 39.2 Å². The first-order chi connectivity index (χ1) is 7.85. The minimum absolute atomic E-state index is 0.125. The second kappa shape index (κ2) is 11.8. The third kappa shape index (κ3) is 9.30. The van der Waals surface area contributed by atoms with Gasteiger partial charge in [-0.2, -0.15) is 0 Å². The van der Waals surface area contributed by atoms with Gasteiger partial charge in [0.15, 0.2) is 0 Å². The molecule has 1 nitrogen and oxygen atoms in total. The van der Waals surface area contributed by atoms with Crippen LogP contribution in [-0.2, 0) is 4.74 Å². The molecule has 0 aliphatic carbocycles. The number of unbranched alkanes of at least 4 members (excludes halogenated alkanes) is 1. The van der Waals surface area contributed by atoms with Crippen LogP contribution in [0.5, 0.6) is 0 Å². The van der Waals surface area contributed by atoms with Gasteiger partial charge in [-0.15, -0.1) is 6.42 Å². The fourth-order valence-electron chi connectivity index (χ4n) is 1.12. The van der Waals surface area contributed by atoms with E-state index in [0.717, 1.165) is 12.8 Å². The van der Waals surface area contributed by atoms with Crippen molar-refractivity contribution in [3.63, 3.8) is 0 Å². The molecular formula is C15H22O. The zero-order chi connectivity index (χ0) is 12.1. The first-order valence-corrected chi connectivity index (χ1v) is 5.90. The Hall–Kier alpha value is -1.26. The van der Waals surface area contributed by atoms with Crippen LogP contribution in [-0.4, -0.2) is 12.7 Å². The molecule has 0 bridgehead atoms. The summed E-state index contributed by atoms with van der Waals surface area (Å²) in [5.41, 5.74) is 0. The highest BCUT2D eigenvalue weighted by molar-refractivity contribution is 5.12. The quantitative estimate of drug-likeness (QED) is 0.444. The molecule has 0 heterocycles. The second-order valence-electron chi connectivity index (χ2n) is 3.45. The summed E-state index contributed by atoms with van der Waals surface area (Å²) in [6.07, 6.45) is 20.8. The van der Waals surface area contributed by atoms with E-state index in [1.165, 1.54) is 6.42 Å². The number of ether oxygens (including phenoxy) is 1. The van der Waals surface area contributed by atoms with Crippen LogP contribution in [0.15, 0.2) is 36.5 Å². The zero-order valence-corrected chi connectivity index (χ0v) is 10.4. The SMILES string of the molecule is C#CCO[C@H](/C=C/C=C/C=C/CCC)CC. The van der Waals surface area contributed by atoms with E-state index in [1.54, 1.807) is 0 Å². The average molecular weight is 218 g/mol. The Morgan fingerprint density at radius 3 is 2.56 bits per heavy atom. The van der Waals surface area contributed by atoms with Crippen LogP contribution in [0.2, 0.25) is 0 Å². The van der Waals surface area contributed by atoms with Crippen LogP contribution >= 0.6 is 0 Å². The molecular weight excluding hydrogens is 196 g/mol. The van der Waals surface area contributed by atoms with Gasteiger partial charge < -0.3 is 4.74 Å². The smallest absolute Gasteiger partial charge is 0.108 e. The molecule has 0 amide bonds. The van der Waals surface area contributed by atoms with Crippen LogP contribution in [0.3, 0.4) is 0 Å². The normalized spacial score (nSPS) is 13.8. The maximum atomic E-state index is 5.41. The van der Waals surface area contributed by atoms with Gasteiger partial charge in [0, 0.05) is 0 Å². The summed E-state index contributed by atoms with van der Waals surface area (Å²) in [5, 5.41) is 0. The van der Waals surface area contributed by atoms with Crippen molar-refractivity contribution in [2.75, 3.05) is 6.61 Å². The molecule has 0 aliphatic heterocycles. The van der Waals surface area contributed by atoms with Crippen molar-refractivity contribution in [1.29, 1.82) is 0 Å². The lowest BCUT2D eigenvalue weighted by Crippen LogP contribution is -2.07. The van der Waals surface area contributed by atoms with Gasteiger partial charge in [0.1, 0.15) is 6.61 Å². The van der Waals surface area contributed by atoms with E-state index in [-0.39, 0.29) is 6.10 Å². The molecule has 0 aromatic carbocycles. The largest absolute Gasteiger partial charge is 0.362 e. The van der Waals surface area contributed by atoms with E-state index in [4.69, 9.17) is 11.2 Å². The number of hydrogen-bond acceptors (Lipinski definition) is 1. The lowest BCUT2D eigenvalue weighted by molar-refractivity contribution is 0.111. The van der Waals surface area contributed by atoms with Crippen LogP contribution in [0.4, 0.5) is 0 Å². The molecule has 0 spiro atoms. The van der Waals surface area contributed by atoms with Crippen molar-refractivity contribution in [3.05, 3.63) is 36.5 Å². The molecule has 0 saturated carbocycles. The maximum Gasteiger partial charge on any atom is 0.108 e. The van der Waals surface area contributed by atoms with Gasteiger partial charge in [-0.25, -0.2) is 0 Å². The van der Waals surface area contributed by atoms with E-state index in [9.17, 15) is 0 Å². The van der Waals surface area contributed by atoms with Crippen molar-refractivity contribution in [2.24, 2.45) is 0 Å². The standard InChI is InChI=1S/C15H22O/c1-4-7-8-9-10-11-12-13-15(6-3)16-14-5-2/h2,8-13,15H,4,6-7,14H2,1,3H3/b9-8+,11-10+,13-12+/t15-/m0/s1. The number of terminal acetylenes is 1. The molecule has 0 aromatic rings. The topological polar surface area (TPSA) is 9.23 Å². The first-order valence-electron chi connectivity index (χ1n) is 5.90. The Morgan fingerprint density at radius 2 is 1.94 bits per heavy atom. The predicted octanol–water partition coefficient (Wildman–Crippen LogP) is 3.88. The summed E-state index contributed by atoms with van der Waals surface area (Å²) in [4.78, 5) is 0. The Kier molecular flexibility index (Phi) is 10.9. The molecule has 88 valence electrons. The third-order valence-electron chi connectivity index (χ3n) is 2.03. The van der Waals surface area contributed by atoms with Gasteiger partial charge in [-0.05, 0) is 12.8 Å². The monoisotopic (exact) mass is 218 g/mol. The van der Waals surface area contributed by atoms with E-state index in [2.05, 4.69) is 31.9 Å². The molecule has 0 rings (SSSR count). The highest BCUT2D eigenvalue weighted by Crippen LogP contribution is 1.99. The fraction of sp³-hybridized carbons (Fsp3) is 0.467. The highest BCUT2D eigenvalue weighted by atomic mass is 16.5. The average Bonchev–Trinajstić information content (AvgIpc) is 2.32.